The van der Waals surface area contributed by atoms with Crippen LogP contribution in [0, 0.1) is 0 Å². The van der Waals surface area contributed by atoms with Crippen LogP contribution >= 0.6 is 0 Å². The van der Waals surface area contributed by atoms with E-state index in [2.05, 4.69) is 19.6 Å². The molecule has 2 heterocycles. The van der Waals surface area contributed by atoms with Gasteiger partial charge in [0.15, 0.2) is 0 Å². The summed E-state index contributed by atoms with van der Waals surface area (Å²) in [5.74, 6) is -1.80. The molecule has 2 aliphatic heterocycles. The molecule has 0 radical (unpaired) electrons. The van der Waals surface area contributed by atoms with Gasteiger partial charge in [0.25, 0.3) is 0 Å². The molecule has 48 heavy (non-hydrogen) atoms. The second-order valence-corrected chi connectivity index (χ2v) is 14.0. The predicted molar refractivity (Wildman–Crippen MR) is 197 cm³/mol. The van der Waals surface area contributed by atoms with Crippen molar-refractivity contribution in [1.82, 2.24) is 0 Å². The summed E-state index contributed by atoms with van der Waals surface area (Å²) in [6.45, 7) is 1.33. The highest BCUT2D eigenvalue weighted by atomic mass is 16.3. The van der Waals surface area contributed by atoms with Crippen LogP contribution in [0.3, 0.4) is 0 Å². The molecule has 0 spiro atoms. The van der Waals surface area contributed by atoms with Gasteiger partial charge in [-0.15, -0.1) is 12.2 Å². The van der Waals surface area contributed by atoms with Gasteiger partial charge < -0.3 is 52.7 Å². The largest absolute Gasteiger partial charge is 0.851 e. The Bertz CT molecular complexity index is 2220. The van der Waals surface area contributed by atoms with Gasteiger partial charge in [-0.2, -0.15) is 0 Å². The summed E-state index contributed by atoms with van der Waals surface area (Å²) >= 11 is 0. The standard InChI is InChI=1S/C38H38N8O2/c1-43-15-45(3)35-17-7-5-9-19(39)25(17)31(27-21(41)11-13-23(43)29(27)35)33-37(47)34(38(33)48)32-26-18(8-6-10-20(26)40)36-30-24(44(2)16-46(36)4)14-12-22(42)28(30)32/h5-14,33-34,37-38H,15-16,39-42H2,1-4H3/q-2. The summed E-state index contributed by atoms with van der Waals surface area (Å²) in [6.07, 6.45) is -2.60. The molecule has 3 aliphatic rings. The van der Waals surface area contributed by atoms with Crippen LogP contribution in [0.1, 0.15) is 23.0 Å². The zero-order valence-corrected chi connectivity index (χ0v) is 27.4. The summed E-state index contributed by atoms with van der Waals surface area (Å²) < 4.78 is 0. The number of rotatable bonds is 2. The normalized spacial score (nSPS) is 22.0. The van der Waals surface area contributed by atoms with Gasteiger partial charge in [0.1, 0.15) is 0 Å². The lowest BCUT2D eigenvalue weighted by Gasteiger charge is -2.62. The first-order valence-electron chi connectivity index (χ1n) is 16.3. The Morgan fingerprint density at radius 2 is 0.854 bits per heavy atom. The SMILES string of the molecule is CN1CN(C)c2c3cccc(N)c3c(C3C([O-])C(c4c5c(N)cccc5c5c6c(ccc(N)c46)N(C)CN5C)C3[O-])c3c(N)ccc1c23. The predicted octanol–water partition coefficient (Wildman–Crippen LogP) is 3.65. The third kappa shape index (κ3) is 3.43. The fourth-order valence-corrected chi connectivity index (χ4v) is 9.29. The van der Waals surface area contributed by atoms with Crippen molar-refractivity contribution < 1.29 is 10.2 Å². The molecule has 10 nitrogen and oxygen atoms in total. The fraction of sp³-hybridized carbons (Fsp3) is 0.263. The molecular formula is C38H38N8O2-2. The van der Waals surface area contributed by atoms with Crippen molar-refractivity contribution in [1.29, 1.82) is 0 Å². The second kappa shape index (κ2) is 9.62. The maximum Gasteiger partial charge on any atom is 0.0897 e. The summed E-state index contributed by atoms with van der Waals surface area (Å²) in [7, 11) is 8.15. The van der Waals surface area contributed by atoms with Gasteiger partial charge >= 0.3 is 0 Å². The van der Waals surface area contributed by atoms with Gasteiger partial charge in [-0.25, -0.2) is 0 Å². The van der Waals surface area contributed by atoms with Gasteiger partial charge in [-0.1, -0.05) is 24.3 Å². The number of nitrogens with two attached hydrogens (primary N) is 4. The molecule has 244 valence electrons. The van der Waals surface area contributed by atoms with Crippen molar-refractivity contribution in [3.8, 4) is 0 Å². The minimum absolute atomic E-state index is 0.521. The molecule has 1 fully saturated rings. The molecule has 0 saturated heterocycles. The van der Waals surface area contributed by atoms with Gasteiger partial charge in [0.05, 0.1) is 24.7 Å². The first kappa shape index (κ1) is 28.9. The van der Waals surface area contributed by atoms with Crippen molar-refractivity contribution in [2.24, 2.45) is 0 Å². The molecule has 1 aliphatic carbocycles. The van der Waals surface area contributed by atoms with Crippen molar-refractivity contribution in [2.45, 2.75) is 24.0 Å². The molecule has 0 unspecified atom stereocenters. The molecule has 1 saturated carbocycles. The van der Waals surface area contributed by atoms with E-state index in [-0.39, 0.29) is 0 Å². The first-order valence-corrected chi connectivity index (χ1v) is 16.3. The minimum atomic E-state index is -1.30. The minimum Gasteiger partial charge on any atom is -0.851 e. The Hall–Kier alpha value is -5.32. The van der Waals surface area contributed by atoms with E-state index in [1.807, 2.05) is 88.9 Å². The van der Waals surface area contributed by atoms with Crippen LogP contribution in [0.2, 0.25) is 0 Å². The Morgan fingerprint density at radius 3 is 1.25 bits per heavy atom. The summed E-state index contributed by atoms with van der Waals surface area (Å²) in [5, 5.41) is 36.7. The van der Waals surface area contributed by atoms with E-state index in [0.29, 0.717) is 47.2 Å². The van der Waals surface area contributed by atoms with Gasteiger partial charge in [-0.3, -0.25) is 0 Å². The topological polar surface area (TPSA) is 163 Å². The highest BCUT2D eigenvalue weighted by Crippen LogP contribution is 2.59. The van der Waals surface area contributed by atoms with E-state index in [0.717, 1.165) is 65.8 Å². The van der Waals surface area contributed by atoms with Crippen LogP contribution in [0.15, 0.2) is 60.7 Å². The van der Waals surface area contributed by atoms with Crippen LogP contribution in [-0.4, -0.2) is 53.7 Å². The Kier molecular flexibility index (Phi) is 5.78. The highest BCUT2D eigenvalue weighted by molar-refractivity contribution is 6.26. The van der Waals surface area contributed by atoms with Crippen LogP contribution < -0.4 is 52.7 Å². The lowest BCUT2D eigenvalue weighted by Crippen LogP contribution is -2.63. The molecule has 6 aromatic rings. The number of nitrogen functional groups attached to an aromatic ring is 4. The van der Waals surface area contributed by atoms with Crippen LogP contribution in [0.4, 0.5) is 45.5 Å². The number of nitrogens with zero attached hydrogens (tertiary/aromatic N) is 4. The van der Waals surface area contributed by atoms with Crippen molar-refractivity contribution >= 4 is 88.6 Å². The molecule has 0 amide bonds. The smallest absolute Gasteiger partial charge is 0.0897 e. The Balaban J connectivity index is 1.35. The summed E-state index contributed by atoms with van der Waals surface area (Å²) in [6, 6.07) is 19.4. The van der Waals surface area contributed by atoms with Gasteiger partial charge in [-0.05, 0) is 59.4 Å². The van der Waals surface area contributed by atoms with Crippen molar-refractivity contribution in [2.75, 3.05) is 84.1 Å². The van der Waals surface area contributed by atoms with E-state index in [9.17, 15) is 0 Å². The molecule has 6 aromatic carbocycles. The number of anilines is 8. The monoisotopic (exact) mass is 638 g/mol. The third-order valence-electron chi connectivity index (χ3n) is 11.2. The number of hydrogen-bond acceptors (Lipinski definition) is 10. The molecule has 9 rings (SSSR count). The lowest BCUT2D eigenvalue weighted by molar-refractivity contribution is -0.535. The zero-order chi connectivity index (χ0) is 33.5. The van der Waals surface area contributed by atoms with Crippen molar-refractivity contribution in [3.05, 3.63) is 71.8 Å². The molecule has 10 heteroatoms. The Morgan fingerprint density at radius 1 is 0.479 bits per heavy atom. The maximum absolute atomic E-state index is 15.0. The van der Waals surface area contributed by atoms with E-state index in [1.54, 1.807) is 0 Å². The lowest BCUT2D eigenvalue weighted by atomic mass is 9.60. The first-order chi connectivity index (χ1) is 23.0. The van der Waals surface area contributed by atoms with E-state index < -0.39 is 24.0 Å². The highest BCUT2D eigenvalue weighted by Gasteiger charge is 2.44. The van der Waals surface area contributed by atoms with Gasteiger partial charge in [0.2, 0.25) is 0 Å². The Labute approximate surface area is 278 Å². The van der Waals surface area contributed by atoms with E-state index >= 15 is 10.2 Å². The molecule has 0 bridgehead atoms. The second-order valence-electron chi connectivity index (χ2n) is 14.0. The van der Waals surface area contributed by atoms with Crippen LogP contribution in [0.5, 0.6) is 0 Å². The maximum atomic E-state index is 15.0. The van der Waals surface area contributed by atoms with Crippen molar-refractivity contribution in [3.63, 3.8) is 0 Å². The number of fused-ring (bicyclic) bond motifs is 4. The third-order valence-corrected chi connectivity index (χ3v) is 11.2. The molecular weight excluding hydrogens is 600 g/mol. The van der Waals surface area contributed by atoms with E-state index in [4.69, 9.17) is 22.9 Å². The molecule has 8 N–H and O–H groups in total. The van der Waals surface area contributed by atoms with E-state index in [1.165, 1.54) is 0 Å². The fourth-order valence-electron chi connectivity index (χ4n) is 9.29. The zero-order valence-electron chi connectivity index (χ0n) is 27.4. The quantitative estimate of drug-likeness (QED) is 0.163. The number of benzene rings is 6. The number of hydrogen-bond donors (Lipinski definition) is 4. The average molecular weight is 639 g/mol. The van der Waals surface area contributed by atoms with Crippen LogP contribution in [0.25, 0.3) is 43.1 Å². The molecule has 0 aromatic heterocycles. The summed E-state index contributed by atoms with van der Waals surface area (Å²) in [4.78, 5) is 8.66. The average Bonchev–Trinajstić information content (AvgIpc) is 3.04. The van der Waals surface area contributed by atoms with Crippen LogP contribution in [-0.2, 0) is 0 Å². The molecule has 0 atom stereocenters. The summed E-state index contributed by atoms with van der Waals surface area (Å²) in [5.41, 5.74) is 34.5. The van der Waals surface area contributed by atoms with Gasteiger partial charge in [0, 0.05) is 105 Å².